The quantitative estimate of drug-likeness (QED) is 0.463. The molecule has 0 saturated carbocycles. The summed E-state index contributed by atoms with van der Waals surface area (Å²) in [5.41, 5.74) is 3.66. The van der Waals surface area contributed by atoms with E-state index in [4.69, 9.17) is 5.21 Å². The highest BCUT2D eigenvalue weighted by Gasteiger charge is 1.82. The molecule has 0 saturated heterocycles. The van der Waals surface area contributed by atoms with Crippen LogP contribution in [-0.4, -0.2) is 5.21 Å². The lowest BCUT2D eigenvalue weighted by Gasteiger charge is -1.95. The maximum Gasteiger partial charge on any atom is 0.0559 e. The second kappa shape index (κ2) is 4.82. The molecule has 0 rings (SSSR count). The van der Waals surface area contributed by atoms with Crippen molar-refractivity contribution in [1.29, 1.82) is 0 Å². The molecule has 2 heteroatoms. The van der Waals surface area contributed by atoms with Gasteiger partial charge in [-0.3, -0.25) is 10.7 Å². The van der Waals surface area contributed by atoms with Crippen molar-refractivity contribution in [2.75, 3.05) is 0 Å². The van der Waals surface area contributed by atoms with Crippen molar-refractivity contribution in [3.05, 3.63) is 36.1 Å². The van der Waals surface area contributed by atoms with E-state index in [1.165, 1.54) is 0 Å². The standard InChI is InChI=1S/C8H13NO/c1-4-8(9-10)6-5-7(2)3/h4-6,9-10H,2H2,1,3H3/b6-5-,8-4?. The molecule has 0 heterocycles. The lowest BCUT2D eigenvalue weighted by atomic mass is 10.3. The van der Waals surface area contributed by atoms with Crippen molar-refractivity contribution in [2.24, 2.45) is 0 Å². The van der Waals surface area contributed by atoms with Crippen LogP contribution in [0.4, 0.5) is 0 Å². The molecule has 0 unspecified atom stereocenters. The molecule has 0 aliphatic carbocycles. The Hall–Kier alpha value is -1.02. The van der Waals surface area contributed by atoms with Gasteiger partial charge in [-0.15, -0.1) is 0 Å². The summed E-state index contributed by atoms with van der Waals surface area (Å²) in [6, 6.07) is 0. The number of rotatable bonds is 3. The smallest absolute Gasteiger partial charge is 0.0559 e. The summed E-state index contributed by atoms with van der Waals surface area (Å²) in [7, 11) is 0. The van der Waals surface area contributed by atoms with E-state index in [1.807, 2.05) is 25.4 Å². The van der Waals surface area contributed by atoms with Crippen molar-refractivity contribution in [1.82, 2.24) is 5.48 Å². The summed E-state index contributed by atoms with van der Waals surface area (Å²) in [4.78, 5) is 0. The molecule has 0 radical (unpaired) electrons. The van der Waals surface area contributed by atoms with Crippen LogP contribution in [0, 0.1) is 0 Å². The zero-order valence-corrected chi connectivity index (χ0v) is 6.39. The summed E-state index contributed by atoms with van der Waals surface area (Å²) >= 11 is 0. The molecular formula is C8H13NO. The van der Waals surface area contributed by atoms with Crippen LogP contribution in [0.3, 0.4) is 0 Å². The molecule has 0 spiro atoms. The summed E-state index contributed by atoms with van der Waals surface area (Å²) in [5.74, 6) is 0. The Morgan fingerprint density at radius 2 is 2.10 bits per heavy atom. The van der Waals surface area contributed by atoms with Crippen LogP contribution in [0.25, 0.3) is 0 Å². The fourth-order valence-electron chi connectivity index (χ4n) is 0.430. The molecule has 2 N–H and O–H groups in total. The third kappa shape index (κ3) is 3.92. The largest absolute Gasteiger partial charge is 0.291 e. The third-order valence-electron chi connectivity index (χ3n) is 0.988. The minimum absolute atomic E-state index is 0.669. The first kappa shape index (κ1) is 8.98. The number of hydrogen-bond donors (Lipinski definition) is 2. The van der Waals surface area contributed by atoms with E-state index in [1.54, 1.807) is 12.2 Å². The Balaban J connectivity index is 3.98. The Morgan fingerprint density at radius 3 is 2.40 bits per heavy atom. The van der Waals surface area contributed by atoms with Gasteiger partial charge in [0.25, 0.3) is 0 Å². The minimum Gasteiger partial charge on any atom is -0.291 e. The van der Waals surface area contributed by atoms with Crippen LogP contribution in [-0.2, 0) is 0 Å². The van der Waals surface area contributed by atoms with Crippen molar-refractivity contribution >= 4 is 0 Å². The SMILES string of the molecule is C=C(C)/C=C\C(=CC)NO. The fraction of sp³-hybridized carbons (Fsp3) is 0.250. The molecule has 56 valence electrons. The van der Waals surface area contributed by atoms with E-state index in [2.05, 4.69) is 6.58 Å². The topological polar surface area (TPSA) is 32.3 Å². The van der Waals surface area contributed by atoms with E-state index in [0.717, 1.165) is 5.57 Å². The van der Waals surface area contributed by atoms with Gasteiger partial charge in [0.15, 0.2) is 0 Å². The van der Waals surface area contributed by atoms with Gasteiger partial charge in [0, 0.05) is 0 Å². The number of allylic oxidation sites excluding steroid dienone is 4. The summed E-state index contributed by atoms with van der Waals surface area (Å²) < 4.78 is 0. The first-order valence-electron chi connectivity index (χ1n) is 3.10. The van der Waals surface area contributed by atoms with Crippen LogP contribution in [0.2, 0.25) is 0 Å². The molecular weight excluding hydrogens is 126 g/mol. The van der Waals surface area contributed by atoms with Gasteiger partial charge in [0.2, 0.25) is 0 Å². The van der Waals surface area contributed by atoms with E-state index < -0.39 is 0 Å². The third-order valence-corrected chi connectivity index (χ3v) is 0.988. The zero-order valence-electron chi connectivity index (χ0n) is 6.39. The second-order valence-electron chi connectivity index (χ2n) is 2.04. The zero-order chi connectivity index (χ0) is 7.98. The Labute approximate surface area is 61.5 Å². The first-order valence-corrected chi connectivity index (χ1v) is 3.10. The highest BCUT2D eigenvalue weighted by molar-refractivity contribution is 5.22. The highest BCUT2D eigenvalue weighted by Crippen LogP contribution is 1.94. The average Bonchev–Trinajstić information content (AvgIpc) is 1.90. The molecule has 0 aliphatic rings. The number of hydroxylamine groups is 1. The molecule has 0 aromatic heterocycles. The summed E-state index contributed by atoms with van der Waals surface area (Å²) in [5, 5.41) is 8.44. The van der Waals surface area contributed by atoms with Gasteiger partial charge in [-0.25, -0.2) is 0 Å². The molecule has 0 fully saturated rings. The van der Waals surface area contributed by atoms with E-state index in [9.17, 15) is 0 Å². The van der Waals surface area contributed by atoms with Crippen LogP contribution >= 0.6 is 0 Å². The Morgan fingerprint density at radius 1 is 1.50 bits per heavy atom. The van der Waals surface area contributed by atoms with E-state index in [0.29, 0.717) is 5.70 Å². The van der Waals surface area contributed by atoms with Gasteiger partial charge in [-0.1, -0.05) is 24.3 Å². The summed E-state index contributed by atoms with van der Waals surface area (Å²) in [6.45, 7) is 7.40. The predicted molar refractivity (Wildman–Crippen MR) is 42.6 cm³/mol. The molecule has 0 aliphatic heterocycles. The van der Waals surface area contributed by atoms with Crippen LogP contribution in [0.15, 0.2) is 36.1 Å². The predicted octanol–water partition coefficient (Wildman–Crippen LogP) is 2.00. The number of nitrogens with one attached hydrogen (secondary N) is 1. The van der Waals surface area contributed by atoms with Gasteiger partial charge < -0.3 is 0 Å². The van der Waals surface area contributed by atoms with Crippen molar-refractivity contribution in [3.8, 4) is 0 Å². The van der Waals surface area contributed by atoms with Crippen molar-refractivity contribution in [2.45, 2.75) is 13.8 Å². The van der Waals surface area contributed by atoms with Gasteiger partial charge >= 0.3 is 0 Å². The van der Waals surface area contributed by atoms with Crippen LogP contribution in [0.5, 0.6) is 0 Å². The normalized spacial score (nSPS) is 12.1. The maximum atomic E-state index is 8.44. The van der Waals surface area contributed by atoms with Gasteiger partial charge in [-0.2, -0.15) is 0 Å². The van der Waals surface area contributed by atoms with Crippen LogP contribution < -0.4 is 5.48 Å². The minimum atomic E-state index is 0.669. The molecule has 2 nitrogen and oxygen atoms in total. The molecule has 0 amide bonds. The van der Waals surface area contributed by atoms with Gasteiger partial charge in [0.05, 0.1) is 5.70 Å². The Kier molecular flexibility index (Phi) is 4.33. The average molecular weight is 139 g/mol. The Bertz CT molecular complexity index is 168. The maximum absolute atomic E-state index is 8.44. The number of hydrogen-bond acceptors (Lipinski definition) is 2. The van der Waals surface area contributed by atoms with Gasteiger partial charge in [0.1, 0.15) is 0 Å². The first-order chi connectivity index (χ1) is 4.70. The van der Waals surface area contributed by atoms with Crippen LogP contribution in [0.1, 0.15) is 13.8 Å². The molecule has 0 bridgehead atoms. The molecule has 0 aromatic carbocycles. The molecule has 0 aromatic rings. The van der Waals surface area contributed by atoms with E-state index in [-0.39, 0.29) is 0 Å². The summed E-state index contributed by atoms with van der Waals surface area (Å²) in [6.07, 6.45) is 5.33. The van der Waals surface area contributed by atoms with E-state index >= 15 is 0 Å². The molecule has 10 heavy (non-hydrogen) atoms. The second-order valence-corrected chi connectivity index (χ2v) is 2.04. The monoisotopic (exact) mass is 139 g/mol. The fourth-order valence-corrected chi connectivity index (χ4v) is 0.430. The lowest BCUT2D eigenvalue weighted by Crippen LogP contribution is -2.03. The van der Waals surface area contributed by atoms with Crippen molar-refractivity contribution in [3.63, 3.8) is 0 Å². The highest BCUT2D eigenvalue weighted by atomic mass is 16.5. The van der Waals surface area contributed by atoms with Crippen molar-refractivity contribution < 1.29 is 5.21 Å². The van der Waals surface area contributed by atoms with Gasteiger partial charge in [-0.05, 0) is 19.9 Å². The molecule has 0 atom stereocenters. The lowest BCUT2D eigenvalue weighted by molar-refractivity contribution is 0.204.